The quantitative estimate of drug-likeness (QED) is 0.633. The van der Waals surface area contributed by atoms with Crippen LogP contribution in [0.25, 0.3) is 11.0 Å². The zero-order valence-electron chi connectivity index (χ0n) is 16.7. The number of halogens is 1. The lowest BCUT2D eigenvalue weighted by Gasteiger charge is -2.36. The molecule has 1 aliphatic carbocycles. The van der Waals surface area contributed by atoms with E-state index in [0.717, 1.165) is 41.3 Å². The lowest BCUT2D eigenvalue weighted by Crippen LogP contribution is -2.49. The smallest absolute Gasteiger partial charge is 0.253 e. The predicted octanol–water partition coefficient (Wildman–Crippen LogP) is 3.91. The second-order valence-corrected chi connectivity index (χ2v) is 8.18. The van der Waals surface area contributed by atoms with Crippen LogP contribution >= 0.6 is 11.6 Å². The van der Waals surface area contributed by atoms with Crippen LogP contribution in [0.3, 0.4) is 0 Å². The van der Waals surface area contributed by atoms with E-state index in [4.69, 9.17) is 21.6 Å². The average molecular weight is 422 g/mol. The maximum Gasteiger partial charge on any atom is 0.253 e. The van der Waals surface area contributed by atoms with Gasteiger partial charge >= 0.3 is 0 Å². The molecule has 2 aliphatic rings. The van der Waals surface area contributed by atoms with Crippen LogP contribution in [-0.2, 0) is 5.88 Å². The van der Waals surface area contributed by atoms with E-state index >= 15 is 0 Å². The largest absolute Gasteiger partial charge is 0.364 e. The fourth-order valence-electron chi connectivity index (χ4n) is 3.77. The summed E-state index contributed by atoms with van der Waals surface area (Å²) in [5.41, 5.74) is 3.52. The van der Waals surface area contributed by atoms with Gasteiger partial charge in [0.05, 0.1) is 11.0 Å². The number of para-hydroxylation sites is 2. The van der Waals surface area contributed by atoms with Gasteiger partial charge in [0.25, 0.3) is 5.91 Å². The van der Waals surface area contributed by atoms with E-state index in [9.17, 15) is 4.79 Å². The number of nitrogens with one attached hydrogen (secondary N) is 1. The number of benzene rings is 2. The molecule has 2 heterocycles. The first-order chi connectivity index (χ1) is 14.7. The highest BCUT2D eigenvalue weighted by atomic mass is 35.5. The SMILES string of the molecule is O=C(c1ccc(CCl)cc1)N1CCN(c2nc3ccccc3nc2NC2CC2)CC1. The number of rotatable bonds is 5. The Morgan fingerprint density at radius 1 is 0.967 bits per heavy atom. The Balaban J connectivity index is 1.33. The van der Waals surface area contributed by atoms with Gasteiger partial charge < -0.3 is 15.1 Å². The standard InChI is InChI=1S/C23H24ClN5O/c24-15-16-5-7-17(8-6-16)23(30)29-13-11-28(12-14-29)22-21(25-18-9-10-18)26-19-3-1-2-4-20(19)27-22/h1-8,18H,9-15H2,(H,25,26). The molecule has 1 aromatic heterocycles. The summed E-state index contributed by atoms with van der Waals surface area (Å²) in [5.74, 6) is 2.26. The number of nitrogens with zero attached hydrogens (tertiary/aromatic N) is 4. The Labute approximate surface area is 180 Å². The molecule has 0 bridgehead atoms. The molecule has 1 saturated carbocycles. The van der Waals surface area contributed by atoms with Gasteiger partial charge in [-0.2, -0.15) is 0 Å². The van der Waals surface area contributed by atoms with Crippen molar-refractivity contribution < 1.29 is 4.79 Å². The molecule has 2 aromatic carbocycles. The molecule has 1 N–H and O–H groups in total. The molecule has 0 spiro atoms. The Hall–Kier alpha value is -2.86. The molecule has 0 radical (unpaired) electrons. The zero-order valence-corrected chi connectivity index (χ0v) is 17.5. The van der Waals surface area contributed by atoms with E-state index in [2.05, 4.69) is 10.2 Å². The van der Waals surface area contributed by atoms with Crippen molar-refractivity contribution >= 4 is 40.2 Å². The summed E-state index contributed by atoms with van der Waals surface area (Å²) >= 11 is 5.85. The third-order valence-electron chi connectivity index (χ3n) is 5.69. The molecule has 3 aromatic rings. The number of carbonyl (C=O) groups excluding carboxylic acids is 1. The number of hydrogen-bond acceptors (Lipinski definition) is 5. The molecule has 5 rings (SSSR count). The average Bonchev–Trinajstić information content (AvgIpc) is 3.62. The summed E-state index contributed by atoms with van der Waals surface area (Å²) in [5, 5.41) is 3.54. The van der Waals surface area contributed by atoms with Gasteiger partial charge in [-0.25, -0.2) is 9.97 Å². The number of amides is 1. The molecular formula is C23H24ClN5O. The van der Waals surface area contributed by atoms with Crippen molar-refractivity contribution in [3.63, 3.8) is 0 Å². The molecule has 1 aliphatic heterocycles. The predicted molar refractivity (Wildman–Crippen MR) is 120 cm³/mol. The van der Waals surface area contributed by atoms with E-state index in [0.29, 0.717) is 30.6 Å². The lowest BCUT2D eigenvalue weighted by molar-refractivity contribution is 0.0746. The summed E-state index contributed by atoms with van der Waals surface area (Å²) in [6.07, 6.45) is 2.36. The maximum atomic E-state index is 12.9. The number of alkyl halides is 1. The van der Waals surface area contributed by atoms with Crippen LogP contribution in [-0.4, -0.2) is 53.0 Å². The molecule has 1 amide bonds. The minimum atomic E-state index is 0.0664. The van der Waals surface area contributed by atoms with Gasteiger partial charge in [0.1, 0.15) is 0 Å². The topological polar surface area (TPSA) is 61.4 Å². The number of aromatic nitrogens is 2. The van der Waals surface area contributed by atoms with Crippen LogP contribution < -0.4 is 10.2 Å². The van der Waals surface area contributed by atoms with Gasteiger partial charge in [-0.05, 0) is 42.7 Å². The van der Waals surface area contributed by atoms with Crippen LogP contribution in [0.5, 0.6) is 0 Å². The van der Waals surface area contributed by atoms with E-state index in [1.165, 1.54) is 12.8 Å². The molecule has 1 saturated heterocycles. The van der Waals surface area contributed by atoms with Gasteiger partial charge in [-0.1, -0.05) is 24.3 Å². The second-order valence-electron chi connectivity index (χ2n) is 7.91. The summed E-state index contributed by atoms with van der Waals surface area (Å²) in [6, 6.07) is 16.0. The molecule has 6 nitrogen and oxygen atoms in total. The van der Waals surface area contributed by atoms with Crippen molar-refractivity contribution in [2.75, 3.05) is 36.4 Å². The number of hydrogen-bond donors (Lipinski definition) is 1. The van der Waals surface area contributed by atoms with Crippen LogP contribution in [0, 0.1) is 0 Å². The first-order valence-corrected chi connectivity index (χ1v) is 11.0. The molecule has 154 valence electrons. The highest BCUT2D eigenvalue weighted by molar-refractivity contribution is 6.17. The second kappa shape index (κ2) is 8.11. The molecular weight excluding hydrogens is 398 g/mol. The molecule has 30 heavy (non-hydrogen) atoms. The van der Waals surface area contributed by atoms with E-state index in [1.807, 2.05) is 53.4 Å². The van der Waals surface area contributed by atoms with Gasteiger partial charge in [0.15, 0.2) is 11.6 Å². The van der Waals surface area contributed by atoms with E-state index < -0.39 is 0 Å². The minimum absolute atomic E-state index is 0.0664. The van der Waals surface area contributed by atoms with Crippen molar-refractivity contribution in [3.05, 3.63) is 59.7 Å². The van der Waals surface area contributed by atoms with Gasteiger partial charge in [0, 0.05) is 43.7 Å². The normalized spacial score (nSPS) is 16.7. The Kier molecular flexibility index (Phi) is 5.17. The fourth-order valence-corrected chi connectivity index (χ4v) is 3.95. The number of anilines is 2. The van der Waals surface area contributed by atoms with Crippen molar-refractivity contribution in [3.8, 4) is 0 Å². The highest BCUT2D eigenvalue weighted by Crippen LogP contribution is 2.31. The monoisotopic (exact) mass is 421 g/mol. The zero-order chi connectivity index (χ0) is 20.5. The van der Waals surface area contributed by atoms with Crippen LogP contribution in [0.2, 0.25) is 0 Å². The summed E-state index contributed by atoms with van der Waals surface area (Å²) in [7, 11) is 0. The third-order valence-corrected chi connectivity index (χ3v) is 6.00. The van der Waals surface area contributed by atoms with Crippen molar-refractivity contribution in [2.24, 2.45) is 0 Å². The van der Waals surface area contributed by atoms with Crippen LogP contribution in [0.15, 0.2) is 48.5 Å². The molecule has 0 atom stereocenters. The van der Waals surface area contributed by atoms with Gasteiger partial charge in [-0.15, -0.1) is 11.6 Å². The van der Waals surface area contributed by atoms with Crippen LogP contribution in [0.4, 0.5) is 11.6 Å². The number of fused-ring (bicyclic) bond motifs is 1. The lowest BCUT2D eigenvalue weighted by atomic mass is 10.1. The van der Waals surface area contributed by atoms with Crippen molar-refractivity contribution in [1.82, 2.24) is 14.9 Å². The minimum Gasteiger partial charge on any atom is -0.364 e. The summed E-state index contributed by atoms with van der Waals surface area (Å²) in [4.78, 5) is 26.8. The summed E-state index contributed by atoms with van der Waals surface area (Å²) in [6.45, 7) is 2.79. The fraction of sp³-hybridized carbons (Fsp3) is 0.348. The van der Waals surface area contributed by atoms with Crippen LogP contribution in [0.1, 0.15) is 28.8 Å². The van der Waals surface area contributed by atoms with E-state index in [1.54, 1.807) is 0 Å². The molecule has 7 heteroatoms. The number of piperazine rings is 1. The molecule has 2 fully saturated rings. The van der Waals surface area contributed by atoms with Gasteiger partial charge in [-0.3, -0.25) is 4.79 Å². The number of carbonyl (C=O) groups is 1. The van der Waals surface area contributed by atoms with E-state index in [-0.39, 0.29) is 5.91 Å². The Morgan fingerprint density at radius 2 is 1.63 bits per heavy atom. The first-order valence-electron chi connectivity index (χ1n) is 10.4. The van der Waals surface area contributed by atoms with Gasteiger partial charge in [0.2, 0.25) is 0 Å². The molecule has 0 unspecified atom stereocenters. The maximum absolute atomic E-state index is 12.9. The first kappa shape index (κ1) is 19.1. The third kappa shape index (κ3) is 3.92. The Bertz CT molecular complexity index is 1060. The van der Waals surface area contributed by atoms with Crippen molar-refractivity contribution in [1.29, 1.82) is 0 Å². The van der Waals surface area contributed by atoms with Crippen molar-refractivity contribution in [2.45, 2.75) is 24.8 Å². The summed E-state index contributed by atoms with van der Waals surface area (Å²) < 4.78 is 0. The Morgan fingerprint density at radius 3 is 2.27 bits per heavy atom. The highest BCUT2D eigenvalue weighted by Gasteiger charge is 2.28.